The molecule has 2 aliphatic rings. The van der Waals surface area contributed by atoms with Gasteiger partial charge in [-0.05, 0) is 29.5 Å². The highest BCUT2D eigenvalue weighted by atomic mass is 16.5. The second-order valence-electron chi connectivity index (χ2n) is 7.45. The van der Waals surface area contributed by atoms with E-state index in [1.54, 1.807) is 6.20 Å². The highest BCUT2D eigenvalue weighted by molar-refractivity contribution is 5.34. The molecule has 0 unspecified atom stereocenters. The van der Waals surface area contributed by atoms with Gasteiger partial charge >= 0.3 is 0 Å². The fraction of sp³-hybridized carbons (Fsp3) is 0.550. The first kappa shape index (κ1) is 17.7. The van der Waals surface area contributed by atoms with E-state index >= 15 is 0 Å². The minimum Gasteiger partial charge on any atom is -0.396 e. The zero-order valence-electron chi connectivity index (χ0n) is 15.2. The molecule has 0 saturated carbocycles. The van der Waals surface area contributed by atoms with Gasteiger partial charge in [-0.15, -0.1) is 0 Å². The smallest absolute Gasteiger partial charge is 0.0991 e. The average Bonchev–Trinajstić information content (AvgIpc) is 3.33. The zero-order valence-corrected chi connectivity index (χ0v) is 15.2. The fourth-order valence-electron chi connectivity index (χ4n) is 4.14. The Bertz CT molecular complexity index is 668. The molecular weight excluding hydrogens is 328 g/mol. The van der Waals surface area contributed by atoms with E-state index in [9.17, 15) is 5.11 Å². The SMILES string of the molecule is OC[C@H]1CN(Cc2ccc(-n3ccnc3)cc2)C[C@H]1CN1CCOCC1. The van der Waals surface area contributed by atoms with Crippen LogP contribution in [0.3, 0.4) is 0 Å². The summed E-state index contributed by atoms with van der Waals surface area (Å²) in [5, 5.41) is 9.81. The van der Waals surface area contributed by atoms with Crippen LogP contribution in [-0.4, -0.2) is 77.0 Å². The van der Waals surface area contributed by atoms with Crippen molar-refractivity contribution in [1.29, 1.82) is 0 Å². The molecule has 2 aliphatic heterocycles. The Morgan fingerprint density at radius 1 is 1.04 bits per heavy atom. The molecule has 0 spiro atoms. The Balaban J connectivity index is 1.34. The molecule has 26 heavy (non-hydrogen) atoms. The number of aliphatic hydroxyl groups is 1. The Morgan fingerprint density at radius 3 is 2.50 bits per heavy atom. The first-order valence-electron chi connectivity index (χ1n) is 9.52. The summed E-state index contributed by atoms with van der Waals surface area (Å²) in [5.41, 5.74) is 2.45. The zero-order chi connectivity index (χ0) is 17.8. The van der Waals surface area contributed by atoms with Crippen molar-refractivity contribution < 1.29 is 9.84 Å². The standard InChI is InChI=1S/C20H28N4O2/c25-15-19-14-23(13-18(19)12-22-7-9-26-10-8-22)11-17-1-3-20(4-2-17)24-6-5-21-16-24/h1-6,16,18-19,25H,7-15H2/t18-,19-/m1/s1. The van der Waals surface area contributed by atoms with Crippen molar-refractivity contribution in [3.63, 3.8) is 0 Å². The number of aliphatic hydroxyl groups excluding tert-OH is 1. The summed E-state index contributed by atoms with van der Waals surface area (Å²) < 4.78 is 7.46. The lowest BCUT2D eigenvalue weighted by atomic mass is 9.96. The predicted octanol–water partition coefficient (Wildman–Crippen LogP) is 1.24. The Morgan fingerprint density at radius 2 is 1.81 bits per heavy atom. The third kappa shape index (κ3) is 4.15. The number of benzene rings is 1. The van der Waals surface area contributed by atoms with E-state index < -0.39 is 0 Å². The molecule has 0 aliphatic carbocycles. The quantitative estimate of drug-likeness (QED) is 0.844. The third-order valence-electron chi connectivity index (χ3n) is 5.63. The van der Waals surface area contributed by atoms with Crippen LogP contribution in [-0.2, 0) is 11.3 Å². The maximum absolute atomic E-state index is 9.81. The summed E-state index contributed by atoms with van der Waals surface area (Å²) in [4.78, 5) is 9.07. The number of imidazole rings is 1. The number of nitrogens with zero attached hydrogens (tertiary/aromatic N) is 4. The van der Waals surface area contributed by atoms with Crippen molar-refractivity contribution in [3.05, 3.63) is 48.5 Å². The van der Waals surface area contributed by atoms with Gasteiger partial charge in [0.15, 0.2) is 0 Å². The van der Waals surface area contributed by atoms with Gasteiger partial charge in [-0.25, -0.2) is 4.98 Å². The monoisotopic (exact) mass is 356 g/mol. The average molecular weight is 356 g/mol. The fourth-order valence-corrected chi connectivity index (χ4v) is 4.14. The molecule has 3 heterocycles. The van der Waals surface area contributed by atoms with Gasteiger partial charge in [0.05, 0.1) is 19.5 Å². The maximum atomic E-state index is 9.81. The highest BCUT2D eigenvalue weighted by Crippen LogP contribution is 2.26. The number of rotatable bonds is 6. The molecule has 1 N–H and O–H groups in total. The second kappa shape index (κ2) is 8.31. The van der Waals surface area contributed by atoms with Gasteiger partial charge < -0.3 is 14.4 Å². The lowest BCUT2D eigenvalue weighted by Crippen LogP contribution is -2.41. The van der Waals surface area contributed by atoms with Crippen LogP contribution in [0.15, 0.2) is 43.0 Å². The summed E-state index contributed by atoms with van der Waals surface area (Å²) in [6.45, 7) is 8.05. The number of morpholine rings is 1. The van der Waals surface area contributed by atoms with E-state index in [-0.39, 0.29) is 6.61 Å². The number of ether oxygens (including phenoxy) is 1. The minimum absolute atomic E-state index is 0.283. The first-order chi connectivity index (χ1) is 12.8. The van der Waals surface area contributed by atoms with Crippen LogP contribution < -0.4 is 0 Å². The minimum atomic E-state index is 0.283. The summed E-state index contributed by atoms with van der Waals surface area (Å²) >= 11 is 0. The van der Waals surface area contributed by atoms with Gasteiger partial charge in [-0.2, -0.15) is 0 Å². The lowest BCUT2D eigenvalue weighted by molar-refractivity contribution is 0.0264. The van der Waals surface area contributed by atoms with Gasteiger partial charge in [0.2, 0.25) is 0 Å². The molecule has 4 rings (SSSR count). The Hall–Kier alpha value is -1.73. The van der Waals surface area contributed by atoms with Crippen molar-refractivity contribution in [1.82, 2.24) is 19.4 Å². The molecule has 2 fully saturated rings. The number of hydrogen-bond donors (Lipinski definition) is 1. The molecule has 0 amide bonds. The van der Waals surface area contributed by atoms with Crippen molar-refractivity contribution in [2.24, 2.45) is 11.8 Å². The van der Waals surface area contributed by atoms with E-state index in [2.05, 4.69) is 39.0 Å². The lowest BCUT2D eigenvalue weighted by Gasteiger charge is -2.30. The third-order valence-corrected chi connectivity index (χ3v) is 5.63. The topological polar surface area (TPSA) is 53.8 Å². The number of hydrogen-bond acceptors (Lipinski definition) is 5. The van der Waals surface area contributed by atoms with Crippen molar-refractivity contribution >= 4 is 0 Å². The molecule has 2 aromatic rings. The van der Waals surface area contributed by atoms with Crippen LogP contribution in [0.1, 0.15) is 5.56 Å². The van der Waals surface area contributed by atoms with E-state index in [1.807, 2.05) is 17.1 Å². The predicted molar refractivity (Wildman–Crippen MR) is 100 cm³/mol. The van der Waals surface area contributed by atoms with Crippen LogP contribution in [0.25, 0.3) is 5.69 Å². The summed E-state index contributed by atoms with van der Waals surface area (Å²) in [6.07, 6.45) is 5.57. The highest BCUT2D eigenvalue weighted by Gasteiger charge is 2.33. The first-order valence-corrected chi connectivity index (χ1v) is 9.52. The molecular formula is C20H28N4O2. The van der Waals surface area contributed by atoms with Crippen molar-refractivity contribution in [2.75, 3.05) is 52.5 Å². The molecule has 6 heteroatoms. The van der Waals surface area contributed by atoms with Gasteiger partial charge in [-0.1, -0.05) is 12.1 Å². The molecule has 2 saturated heterocycles. The molecule has 0 bridgehead atoms. The largest absolute Gasteiger partial charge is 0.396 e. The number of aromatic nitrogens is 2. The summed E-state index contributed by atoms with van der Waals surface area (Å²) in [7, 11) is 0. The number of likely N-dealkylation sites (tertiary alicyclic amines) is 1. The molecule has 140 valence electrons. The summed E-state index contributed by atoms with van der Waals surface area (Å²) in [5.74, 6) is 0.923. The Labute approximate surface area is 155 Å². The van der Waals surface area contributed by atoms with E-state index in [1.165, 1.54) is 5.56 Å². The molecule has 2 atom stereocenters. The van der Waals surface area contributed by atoms with Gasteiger partial charge in [0.1, 0.15) is 0 Å². The van der Waals surface area contributed by atoms with Crippen LogP contribution in [0.2, 0.25) is 0 Å². The van der Waals surface area contributed by atoms with E-state index in [4.69, 9.17) is 4.74 Å². The van der Waals surface area contributed by atoms with Crippen LogP contribution >= 0.6 is 0 Å². The van der Waals surface area contributed by atoms with Crippen molar-refractivity contribution in [2.45, 2.75) is 6.54 Å². The van der Waals surface area contributed by atoms with Crippen molar-refractivity contribution in [3.8, 4) is 5.69 Å². The second-order valence-corrected chi connectivity index (χ2v) is 7.45. The normalized spacial score (nSPS) is 25.0. The van der Waals surface area contributed by atoms with Gasteiger partial charge in [0, 0.05) is 64.0 Å². The molecule has 1 aromatic heterocycles. The van der Waals surface area contributed by atoms with E-state index in [0.29, 0.717) is 11.8 Å². The molecule has 1 aromatic carbocycles. The summed E-state index contributed by atoms with van der Waals surface area (Å²) in [6, 6.07) is 8.67. The van der Waals surface area contributed by atoms with Crippen LogP contribution in [0, 0.1) is 11.8 Å². The molecule has 6 nitrogen and oxygen atoms in total. The van der Waals surface area contributed by atoms with E-state index in [0.717, 1.165) is 58.2 Å². The maximum Gasteiger partial charge on any atom is 0.0991 e. The van der Waals surface area contributed by atoms with Gasteiger partial charge in [0.25, 0.3) is 0 Å². The van der Waals surface area contributed by atoms with Crippen LogP contribution in [0.4, 0.5) is 0 Å². The molecule has 0 radical (unpaired) electrons. The Kier molecular flexibility index (Phi) is 5.65. The van der Waals surface area contributed by atoms with Gasteiger partial charge in [-0.3, -0.25) is 9.80 Å². The van der Waals surface area contributed by atoms with Crippen LogP contribution in [0.5, 0.6) is 0 Å².